The quantitative estimate of drug-likeness (QED) is 0.152. The highest BCUT2D eigenvalue weighted by molar-refractivity contribution is 6.03. The molecule has 0 saturated carbocycles. The van der Waals surface area contributed by atoms with Crippen molar-refractivity contribution >= 4 is 57.0 Å². The molecular weight excluding hydrogens is 803 g/mol. The van der Waals surface area contributed by atoms with Gasteiger partial charge in [-0.1, -0.05) is 158 Å². The van der Waals surface area contributed by atoms with E-state index in [9.17, 15) is 0 Å². The van der Waals surface area contributed by atoms with E-state index in [2.05, 4.69) is 263 Å². The standard InChI is InChI=1S/C61H45N5/c1-43-36-61(62-41-56(43)45-22-8-3-9-23-45)66-57-31-17-16-30-54(57)52-28-14-15-29-53(52)55-35-34-49(40-60(55)66)65(48-26-12-5-13-27-48)51-38-46(44-20-6-2-7-21-44)37-50(39-51)64-42-63(47-24-10-4-11-25-47)58-32-18-19-33-59(58)64/h2-41H,42H2,1H3. The van der Waals surface area contributed by atoms with Crippen LogP contribution in [0.5, 0.6) is 0 Å². The third-order valence-electron chi connectivity index (χ3n) is 13.0. The number of hydrogen-bond acceptors (Lipinski definition) is 5. The van der Waals surface area contributed by atoms with E-state index in [0.29, 0.717) is 6.67 Å². The van der Waals surface area contributed by atoms with Crippen molar-refractivity contribution in [1.82, 2.24) is 4.98 Å². The summed E-state index contributed by atoms with van der Waals surface area (Å²) in [5, 5.41) is 0. The molecule has 5 heteroatoms. The maximum Gasteiger partial charge on any atom is 0.137 e. The van der Waals surface area contributed by atoms with Crippen molar-refractivity contribution in [3.8, 4) is 44.5 Å². The zero-order valence-corrected chi connectivity index (χ0v) is 36.5. The third-order valence-corrected chi connectivity index (χ3v) is 13.0. The molecule has 0 N–H and O–H groups in total. The van der Waals surface area contributed by atoms with Crippen LogP contribution in [0.4, 0.5) is 57.0 Å². The number of anilines is 10. The highest BCUT2D eigenvalue weighted by Gasteiger charge is 2.31. The Morgan fingerprint density at radius 3 is 1.58 bits per heavy atom. The molecule has 2 aliphatic rings. The second-order valence-electron chi connectivity index (χ2n) is 16.9. The molecule has 0 aliphatic carbocycles. The highest BCUT2D eigenvalue weighted by atomic mass is 15.4. The number of aryl methyl sites for hydroxylation is 1. The van der Waals surface area contributed by atoms with Gasteiger partial charge in [0.05, 0.1) is 22.7 Å². The Labute approximate surface area is 386 Å². The van der Waals surface area contributed by atoms with Gasteiger partial charge in [0.25, 0.3) is 0 Å². The summed E-state index contributed by atoms with van der Waals surface area (Å²) in [7, 11) is 0. The predicted molar refractivity (Wildman–Crippen MR) is 276 cm³/mol. The lowest BCUT2D eigenvalue weighted by atomic mass is 9.94. The number of hydrogen-bond donors (Lipinski definition) is 0. The fraction of sp³-hybridized carbons (Fsp3) is 0.0328. The summed E-state index contributed by atoms with van der Waals surface area (Å²) < 4.78 is 0. The molecule has 0 amide bonds. The molecule has 1 aromatic heterocycles. The van der Waals surface area contributed by atoms with Crippen LogP contribution >= 0.6 is 0 Å². The summed E-state index contributed by atoms with van der Waals surface area (Å²) in [5.41, 5.74) is 20.3. The van der Waals surface area contributed by atoms with Gasteiger partial charge in [-0.05, 0) is 119 Å². The average molecular weight is 848 g/mol. The Bertz CT molecular complexity index is 3370. The van der Waals surface area contributed by atoms with Gasteiger partial charge in [0.2, 0.25) is 0 Å². The molecule has 0 bridgehead atoms. The minimum atomic E-state index is 0.675. The van der Waals surface area contributed by atoms with Crippen molar-refractivity contribution in [2.24, 2.45) is 0 Å². The minimum absolute atomic E-state index is 0.675. The van der Waals surface area contributed by atoms with Crippen LogP contribution in [0.2, 0.25) is 0 Å². The maximum absolute atomic E-state index is 5.28. The first kappa shape index (κ1) is 39.0. The highest BCUT2D eigenvalue weighted by Crippen LogP contribution is 2.53. The van der Waals surface area contributed by atoms with E-state index in [1.165, 1.54) is 22.5 Å². The van der Waals surface area contributed by atoms with Gasteiger partial charge < -0.3 is 14.7 Å². The monoisotopic (exact) mass is 847 g/mol. The zero-order chi connectivity index (χ0) is 44.0. The van der Waals surface area contributed by atoms with E-state index in [1.807, 2.05) is 6.20 Å². The minimum Gasteiger partial charge on any atom is -0.321 e. The molecular formula is C61H45N5. The normalized spacial score (nSPS) is 12.5. The first-order valence-electron chi connectivity index (χ1n) is 22.6. The molecule has 66 heavy (non-hydrogen) atoms. The second-order valence-corrected chi connectivity index (χ2v) is 16.9. The van der Waals surface area contributed by atoms with Crippen LogP contribution in [-0.4, -0.2) is 11.7 Å². The number of pyridine rings is 1. The Kier molecular flexibility index (Phi) is 9.72. The van der Waals surface area contributed by atoms with E-state index in [1.54, 1.807) is 0 Å². The fourth-order valence-corrected chi connectivity index (χ4v) is 9.85. The van der Waals surface area contributed by atoms with Gasteiger partial charge in [-0.25, -0.2) is 4.98 Å². The predicted octanol–water partition coefficient (Wildman–Crippen LogP) is 16.6. The first-order chi connectivity index (χ1) is 32.7. The van der Waals surface area contributed by atoms with Crippen LogP contribution in [0.25, 0.3) is 44.5 Å². The Morgan fingerprint density at radius 2 is 0.909 bits per heavy atom. The molecule has 0 spiro atoms. The van der Waals surface area contributed by atoms with Gasteiger partial charge in [-0.3, -0.25) is 4.90 Å². The van der Waals surface area contributed by atoms with E-state index < -0.39 is 0 Å². The van der Waals surface area contributed by atoms with Crippen molar-refractivity contribution in [2.75, 3.05) is 26.3 Å². The van der Waals surface area contributed by atoms with Gasteiger partial charge in [0.1, 0.15) is 12.5 Å². The lowest BCUT2D eigenvalue weighted by molar-refractivity contribution is 0.991. The number of aromatic nitrogens is 1. The van der Waals surface area contributed by atoms with Crippen LogP contribution in [0, 0.1) is 6.92 Å². The Hall–Kier alpha value is -8.67. The van der Waals surface area contributed by atoms with Gasteiger partial charge in [-0.2, -0.15) is 0 Å². The molecule has 3 heterocycles. The molecule has 5 nitrogen and oxygen atoms in total. The van der Waals surface area contributed by atoms with Crippen molar-refractivity contribution in [1.29, 1.82) is 0 Å². The SMILES string of the molecule is Cc1cc(N2c3ccccc3-c3ccccc3-c3ccc(N(c4ccccc4)c4cc(-c5ccccc5)cc(N5CN(c6ccccc6)c6ccccc65)c4)cc32)ncc1-c1ccccc1. The summed E-state index contributed by atoms with van der Waals surface area (Å²) in [5.74, 6) is 0.862. The molecule has 2 aliphatic heterocycles. The lowest BCUT2D eigenvalue weighted by Crippen LogP contribution is -2.24. The van der Waals surface area contributed by atoms with Crippen molar-refractivity contribution < 1.29 is 0 Å². The van der Waals surface area contributed by atoms with Gasteiger partial charge >= 0.3 is 0 Å². The molecule has 0 radical (unpaired) electrons. The average Bonchev–Trinajstić information content (AvgIpc) is 3.72. The summed E-state index contributed by atoms with van der Waals surface area (Å²) in [6.07, 6.45) is 2.03. The van der Waals surface area contributed by atoms with E-state index in [0.717, 1.165) is 84.6 Å². The van der Waals surface area contributed by atoms with Gasteiger partial charge in [0, 0.05) is 51.3 Å². The maximum atomic E-state index is 5.28. The third kappa shape index (κ3) is 6.86. The second kappa shape index (κ2) is 16.5. The molecule has 10 aromatic rings. The van der Waals surface area contributed by atoms with E-state index in [-0.39, 0.29) is 0 Å². The molecule has 314 valence electrons. The molecule has 0 unspecified atom stereocenters. The zero-order valence-electron chi connectivity index (χ0n) is 36.5. The van der Waals surface area contributed by atoms with Crippen molar-refractivity contribution in [3.63, 3.8) is 0 Å². The van der Waals surface area contributed by atoms with Crippen molar-refractivity contribution in [3.05, 3.63) is 248 Å². The van der Waals surface area contributed by atoms with Crippen LogP contribution in [0.1, 0.15) is 5.56 Å². The van der Waals surface area contributed by atoms with Crippen LogP contribution in [0.15, 0.2) is 243 Å². The van der Waals surface area contributed by atoms with E-state index >= 15 is 0 Å². The number of benzene rings is 9. The number of rotatable bonds is 8. The van der Waals surface area contributed by atoms with Crippen LogP contribution in [-0.2, 0) is 0 Å². The summed E-state index contributed by atoms with van der Waals surface area (Å²) in [6, 6.07) is 85.2. The first-order valence-corrected chi connectivity index (χ1v) is 22.6. The molecule has 0 saturated heterocycles. The van der Waals surface area contributed by atoms with E-state index in [4.69, 9.17) is 4.98 Å². The molecule has 0 atom stereocenters. The lowest BCUT2D eigenvalue weighted by Gasteiger charge is -2.31. The number of fused-ring (bicyclic) bond motifs is 6. The summed E-state index contributed by atoms with van der Waals surface area (Å²) >= 11 is 0. The van der Waals surface area contributed by atoms with Gasteiger partial charge in [0.15, 0.2) is 0 Å². The fourth-order valence-electron chi connectivity index (χ4n) is 9.85. The molecule has 12 rings (SSSR count). The van der Waals surface area contributed by atoms with Crippen LogP contribution < -0.4 is 19.6 Å². The number of para-hydroxylation sites is 5. The van der Waals surface area contributed by atoms with Crippen LogP contribution in [0.3, 0.4) is 0 Å². The Morgan fingerprint density at radius 1 is 0.364 bits per heavy atom. The topological polar surface area (TPSA) is 25.9 Å². The van der Waals surface area contributed by atoms with Crippen molar-refractivity contribution in [2.45, 2.75) is 6.92 Å². The number of nitrogens with zero attached hydrogens (tertiary/aromatic N) is 5. The smallest absolute Gasteiger partial charge is 0.137 e. The van der Waals surface area contributed by atoms with Gasteiger partial charge in [-0.15, -0.1) is 0 Å². The molecule has 9 aromatic carbocycles. The molecule has 0 fully saturated rings. The Balaban J connectivity index is 1.07. The largest absolute Gasteiger partial charge is 0.321 e. The summed E-state index contributed by atoms with van der Waals surface area (Å²) in [6.45, 7) is 2.87. The summed E-state index contributed by atoms with van der Waals surface area (Å²) in [4.78, 5) is 14.9.